The molecule has 0 aromatic carbocycles. The summed E-state index contributed by atoms with van der Waals surface area (Å²) in [5, 5.41) is 0. The van der Waals surface area contributed by atoms with Gasteiger partial charge in [0.05, 0.1) is 0 Å². The van der Waals surface area contributed by atoms with Crippen LogP contribution in [-0.2, 0) is 0 Å². The van der Waals surface area contributed by atoms with E-state index in [9.17, 15) is 9.59 Å². The Morgan fingerprint density at radius 1 is 1.23 bits per heavy atom. The fraction of sp³-hybridized carbons (Fsp3) is 0.714. The van der Waals surface area contributed by atoms with E-state index in [2.05, 4.69) is 18.7 Å². The monoisotopic (exact) mass is 360 g/mol. The van der Waals surface area contributed by atoms with Gasteiger partial charge in [0.1, 0.15) is 11.3 Å². The maximum Gasteiger partial charge on any atom is 0.349 e. The lowest BCUT2D eigenvalue weighted by Crippen LogP contribution is -2.46. The SMILES string of the molecule is CCCC(C)c1cc(C)c(C(=O)N2CCC(N3CCCC3)CC2)c(=O)o1. The highest BCUT2D eigenvalue weighted by molar-refractivity contribution is 5.95. The van der Waals surface area contributed by atoms with Crippen LogP contribution in [0.5, 0.6) is 0 Å². The lowest BCUT2D eigenvalue weighted by Gasteiger charge is -2.36. The van der Waals surface area contributed by atoms with Crippen LogP contribution in [0.4, 0.5) is 0 Å². The van der Waals surface area contributed by atoms with Gasteiger partial charge < -0.3 is 14.2 Å². The van der Waals surface area contributed by atoms with Crippen molar-refractivity contribution in [3.8, 4) is 0 Å². The minimum absolute atomic E-state index is 0.161. The van der Waals surface area contributed by atoms with Gasteiger partial charge in [-0.3, -0.25) is 4.79 Å². The largest absolute Gasteiger partial charge is 0.427 e. The number of hydrogen-bond donors (Lipinski definition) is 0. The van der Waals surface area contributed by atoms with E-state index in [-0.39, 0.29) is 17.4 Å². The predicted octanol–water partition coefficient (Wildman–Crippen LogP) is 3.55. The molecule has 0 bridgehead atoms. The summed E-state index contributed by atoms with van der Waals surface area (Å²) in [6.07, 6.45) is 6.60. The Labute approximate surface area is 156 Å². The van der Waals surface area contributed by atoms with Crippen molar-refractivity contribution >= 4 is 5.91 Å². The zero-order valence-corrected chi connectivity index (χ0v) is 16.4. The van der Waals surface area contributed by atoms with Crippen molar-refractivity contribution in [3.05, 3.63) is 33.4 Å². The van der Waals surface area contributed by atoms with Crippen LogP contribution in [0.15, 0.2) is 15.3 Å². The number of likely N-dealkylation sites (tertiary alicyclic amines) is 2. The van der Waals surface area contributed by atoms with Crippen molar-refractivity contribution in [1.29, 1.82) is 0 Å². The van der Waals surface area contributed by atoms with Crippen LogP contribution in [0.2, 0.25) is 0 Å². The van der Waals surface area contributed by atoms with E-state index in [1.54, 1.807) is 0 Å². The van der Waals surface area contributed by atoms with E-state index in [4.69, 9.17) is 4.42 Å². The molecular weight excluding hydrogens is 328 g/mol. The number of piperidine rings is 1. The standard InChI is InChI=1S/C21H32N2O3/c1-4-7-15(2)18-14-16(3)19(21(25)26-18)20(24)23-12-8-17(9-13-23)22-10-5-6-11-22/h14-15,17H,4-13H2,1-3H3. The minimum atomic E-state index is -0.477. The number of carbonyl (C=O) groups excluding carboxylic acids is 1. The Morgan fingerprint density at radius 2 is 1.88 bits per heavy atom. The van der Waals surface area contributed by atoms with Crippen molar-refractivity contribution < 1.29 is 9.21 Å². The molecule has 0 radical (unpaired) electrons. The van der Waals surface area contributed by atoms with Crippen molar-refractivity contribution in [2.45, 2.75) is 71.3 Å². The van der Waals surface area contributed by atoms with E-state index in [0.29, 0.717) is 11.8 Å². The van der Waals surface area contributed by atoms with Gasteiger partial charge in [-0.2, -0.15) is 0 Å². The number of carbonyl (C=O) groups is 1. The smallest absolute Gasteiger partial charge is 0.349 e. The molecule has 3 rings (SSSR count). The summed E-state index contributed by atoms with van der Waals surface area (Å²) in [6.45, 7) is 9.87. The van der Waals surface area contributed by atoms with Crippen LogP contribution >= 0.6 is 0 Å². The molecule has 0 aliphatic carbocycles. The van der Waals surface area contributed by atoms with Gasteiger partial charge in [-0.1, -0.05) is 20.3 Å². The molecule has 2 saturated heterocycles. The summed E-state index contributed by atoms with van der Waals surface area (Å²) in [5.74, 6) is 0.733. The zero-order valence-electron chi connectivity index (χ0n) is 16.4. The first-order valence-electron chi connectivity index (χ1n) is 10.2. The molecule has 1 aromatic rings. The van der Waals surface area contributed by atoms with Gasteiger partial charge in [-0.05, 0) is 63.7 Å². The zero-order chi connectivity index (χ0) is 18.7. The Hall–Kier alpha value is -1.62. The van der Waals surface area contributed by atoms with Crippen LogP contribution in [0.3, 0.4) is 0 Å². The maximum atomic E-state index is 12.9. The van der Waals surface area contributed by atoms with Crippen LogP contribution in [0.1, 0.15) is 80.0 Å². The second-order valence-electron chi connectivity index (χ2n) is 7.95. The maximum absolute atomic E-state index is 12.9. The molecule has 2 fully saturated rings. The van der Waals surface area contributed by atoms with E-state index in [1.165, 1.54) is 25.9 Å². The van der Waals surface area contributed by atoms with Gasteiger partial charge >= 0.3 is 5.63 Å². The molecule has 1 unspecified atom stereocenters. The third-order valence-electron chi connectivity index (χ3n) is 6.00. The van der Waals surface area contributed by atoms with Gasteiger partial charge in [0.2, 0.25) is 0 Å². The summed E-state index contributed by atoms with van der Waals surface area (Å²) >= 11 is 0. The summed E-state index contributed by atoms with van der Waals surface area (Å²) in [6, 6.07) is 2.47. The number of aryl methyl sites for hydroxylation is 1. The van der Waals surface area contributed by atoms with Crippen LogP contribution in [0.25, 0.3) is 0 Å². The topological polar surface area (TPSA) is 53.8 Å². The minimum Gasteiger partial charge on any atom is -0.427 e. The number of rotatable bonds is 5. The number of nitrogens with zero attached hydrogens (tertiary/aromatic N) is 2. The average Bonchev–Trinajstić information content (AvgIpc) is 3.16. The summed E-state index contributed by atoms with van der Waals surface area (Å²) in [7, 11) is 0. The highest BCUT2D eigenvalue weighted by Gasteiger charge is 2.30. The van der Waals surface area contributed by atoms with E-state index < -0.39 is 5.63 Å². The third-order valence-corrected chi connectivity index (χ3v) is 6.00. The first kappa shape index (κ1) is 19.2. The summed E-state index contributed by atoms with van der Waals surface area (Å²) in [5.41, 5.74) is 0.484. The van der Waals surface area contributed by atoms with Crippen LogP contribution in [0, 0.1) is 6.92 Å². The first-order chi connectivity index (χ1) is 12.5. The van der Waals surface area contributed by atoms with Crippen molar-refractivity contribution in [2.24, 2.45) is 0 Å². The Balaban J connectivity index is 1.69. The van der Waals surface area contributed by atoms with E-state index in [0.717, 1.165) is 44.3 Å². The Bertz CT molecular complexity index is 683. The van der Waals surface area contributed by atoms with Gasteiger partial charge in [0.15, 0.2) is 0 Å². The molecule has 3 heterocycles. The van der Waals surface area contributed by atoms with Crippen molar-refractivity contribution in [3.63, 3.8) is 0 Å². The molecule has 5 nitrogen and oxygen atoms in total. The molecular formula is C21H32N2O3. The second kappa shape index (κ2) is 8.38. The van der Waals surface area contributed by atoms with Gasteiger partial charge in [-0.15, -0.1) is 0 Å². The molecule has 0 spiro atoms. The summed E-state index contributed by atoms with van der Waals surface area (Å²) in [4.78, 5) is 29.8. The predicted molar refractivity (Wildman–Crippen MR) is 103 cm³/mol. The molecule has 2 aliphatic rings. The van der Waals surface area contributed by atoms with Crippen molar-refractivity contribution in [1.82, 2.24) is 9.80 Å². The highest BCUT2D eigenvalue weighted by Crippen LogP contribution is 2.24. The second-order valence-corrected chi connectivity index (χ2v) is 7.95. The van der Waals surface area contributed by atoms with E-state index >= 15 is 0 Å². The van der Waals surface area contributed by atoms with Crippen LogP contribution < -0.4 is 5.63 Å². The van der Waals surface area contributed by atoms with Crippen LogP contribution in [-0.4, -0.2) is 47.9 Å². The highest BCUT2D eigenvalue weighted by atomic mass is 16.4. The molecule has 1 atom stereocenters. The van der Waals surface area contributed by atoms with Crippen molar-refractivity contribution in [2.75, 3.05) is 26.2 Å². The third kappa shape index (κ3) is 4.03. The molecule has 0 N–H and O–H groups in total. The molecule has 1 amide bonds. The quantitative estimate of drug-likeness (QED) is 0.806. The number of hydrogen-bond acceptors (Lipinski definition) is 4. The van der Waals surface area contributed by atoms with Gasteiger partial charge in [0.25, 0.3) is 5.91 Å². The fourth-order valence-corrected chi connectivity index (χ4v) is 4.41. The lowest BCUT2D eigenvalue weighted by atomic mass is 9.99. The first-order valence-corrected chi connectivity index (χ1v) is 10.2. The molecule has 1 aromatic heterocycles. The molecule has 0 saturated carbocycles. The van der Waals surface area contributed by atoms with E-state index in [1.807, 2.05) is 17.9 Å². The molecule has 2 aliphatic heterocycles. The summed E-state index contributed by atoms with van der Waals surface area (Å²) < 4.78 is 5.51. The van der Waals surface area contributed by atoms with Gasteiger partial charge in [0, 0.05) is 25.0 Å². The fourth-order valence-electron chi connectivity index (χ4n) is 4.41. The van der Waals surface area contributed by atoms with Gasteiger partial charge in [-0.25, -0.2) is 4.79 Å². The lowest BCUT2D eigenvalue weighted by molar-refractivity contribution is 0.0639. The Kier molecular flexibility index (Phi) is 6.17. The molecule has 5 heteroatoms. The average molecular weight is 360 g/mol. The normalized spacial score (nSPS) is 20.5. The number of amides is 1. The Morgan fingerprint density at radius 3 is 2.46 bits per heavy atom. The molecule has 144 valence electrons. The molecule has 26 heavy (non-hydrogen) atoms.